The number of piperidine rings is 1. The van der Waals surface area contributed by atoms with E-state index < -0.39 is 0 Å². The number of nitrogens with zero attached hydrogens (tertiary/aromatic N) is 3. The molecule has 1 saturated heterocycles. The average Bonchev–Trinajstić information content (AvgIpc) is 2.76. The van der Waals surface area contributed by atoms with E-state index in [0.29, 0.717) is 11.6 Å². The number of hydrogen-bond acceptors (Lipinski definition) is 7. The molecule has 0 bridgehead atoms. The van der Waals surface area contributed by atoms with Gasteiger partial charge in [0.1, 0.15) is 10.7 Å². The smallest absolute Gasteiger partial charge is 0.309 e. The zero-order valence-electron chi connectivity index (χ0n) is 10.5. The molecular formula is C11H18N4O2S. The number of carbonyl (C=O) groups excluding carboxylic acids is 1. The average molecular weight is 270 g/mol. The van der Waals surface area contributed by atoms with E-state index in [-0.39, 0.29) is 11.9 Å². The molecular weight excluding hydrogens is 252 g/mol. The lowest BCUT2D eigenvalue weighted by atomic mass is 9.97. The van der Waals surface area contributed by atoms with Gasteiger partial charge in [-0.2, -0.15) is 0 Å². The van der Waals surface area contributed by atoms with E-state index in [1.165, 1.54) is 11.5 Å². The van der Waals surface area contributed by atoms with Crippen molar-refractivity contribution in [1.82, 2.24) is 14.5 Å². The number of likely N-dealkylation sites (tertiary alicyclic amines) is 1. The van der Waals surface area contributed by atoms with E-state index >= 15 is 0 Å². The minimum Gasteiger partial charge on any atom is -0.466 e. The first-order chi connectivity index (χ1) is 8.70. The van der Waals surface area contributed by atoms with Gasteiger partial charge in [0.15, 0.2) is 0 Å². The molecule has 0 spiro atoms. The van der Waals surface area contributed by atoms with Crippen molar-refractivity contribution in [2.24, 2.45) is 5.92 Å². The second kappa shape index (κ2) is 6.10. The number of nitrogens with two attached hydrogens (primary N) is 1. The second-order valence-electron chi connectivity index (χ2n) is 4.39. The molecule has 1 aliphatic rings. The fraction of sp³-hybridized carbons (Fsp3) is 0.727. The molecule has 100 valence electrons. The standard InChI is InChI=1S/C11H18N4O2S/c1-2-17-11(16)8-3-5-15(6-4-8)7-9-10(12)18-14-13-9/h8H,2-7,12H2,1H3. The maximum atomic E-state index is 11.6. The van der Waals surface area contributed by atoms with Gasteiger partial charge in [0.2, 0.25) is 0 Å². The number of esters is 1. The third kappa shape index (κ3) is 3.17. The monoisotopic (exact) mass is 270 g/mol. The number of hydrogen-bond donors (Lipinski definition) is 1. The topological polar surface area (TPSA) is 81.3 Å². The van der Waals surface area contributed by atoms with Crippen molar-refractivity contribution in [1.29, 1.82) is 0 Å². The van der Waals surface area contributed by atoms with Crippen LogP contribution in [0.4, 0.5) is 5.00 Å². The first-order valence-corrected chi connectivity index (χ1v) is 6.93. The van der Waals surface area contributed by atoms with Gasteiger partial charge < -0.3 is 10.5 Å². The predicted octanol–water partition coefficient (Wildman–Crippen LogP) is 0.895. The summed E-state index contributed by atoms with van der Waals surface area (Å²) in [7, 11) is 0. The Kier molecular flexibility index (Phi) is 4.48. The predicted molar refractivity (Wildman–Crippen MR) is 69.0 cm³/mol. The molecule has 6 nitrogen and oxygen atoms in total. The Bertz CT molecular complexity index is 402. The fourth-order valence-corrected chi connectivity index (χ4v) is 2.56. The molecule has 1 aliphatic heterocycles. The highest BCUT2D eigenvalue weighted by Crippen LogP contribution is 2.22. The Balaban J connectivity index is 1.80. The van der Waals surface area contributed by atoms with Crippen LogP contribution >= 0.6 is 11.5 Å². The van der Waals surface area contributed by atoms with Crippen LogP contribution in [0.25, 0.3) is 0 Å². The van der Waals surface area contributed by atoms with E-state index in [2.05, 4.69) is 14.5 Å². The van der Waals surface area contributed by atoms with Gasteiger partial charge >= 0.3 is 5.97 Å². The zero-order valence-corrected chi connectivity index (χ0v) is 11.3. The van der Waals surface area contributed by atoms with E-state index in [0.717, 1.165) is 38.2 Å². The summed E-state index contributed by atoms with van der Waals surface area (Å²) in [5, 5.41) is 4.69. The van der Waals surface area contributed by atoms with Crippen molar-refractivity contribution in [3.05, 3.63) is 5.69 Å². The highest BCUT2D eigenvalue weighted by atomic mass is 32.1. The summed E-state index contributed by atoms with van der Waals surface area (Å²) < 4.78 is 8.86. The van der Waals surface area contributed by atoms with E-state index in [1.807, 2.05) is 6.92 Å². The van der Waals surface area contributed by atoms with Crippen molar-refractivity contribution < 1.29 is 9.53 Å². The molecule has 2 heterocycles. The Hall–Kier alpha value is -1.21. The van der Waals surface area contributed by atoms with E-state index in [4.69, 9.17) is 10.5 Å². The van der Waals surface area contributed by atoms with Crippen LogP contribution in [-0.2, 0) is 16.1 Å². The van der Waals surface area contributed by atoms with Crippen LogP contribution in [0.5, 0.6) is 0 Å². The lowest BCUT2D eigenvalue weighted by molar-refractivity contribution is -0.149. The molecule has 18 heavy (non-hydrogen) atoms. The van der Waals surface area contributed by atoms with Gasteiger partial charge in [-0.05, 0) is 32.9 Å². The van der Waals surface area contributed by atoms with Crippen molar-refractivity contribution in [3.8, 4) is 0 Å². The maximum Gasteiger partial charge on any atom is 0.309 e. The van der Waals surface area contributed by atoms with Crippen molar-refractivity contribution in [2.45, 2.75) is 26.3 Å². The van der Waals surface area contributed by atoms with Gasteiger partial charge in [0, 0.05) is 18.1 Å². The van der Waals surface area contributed by atoms with Crippen molar-refractivity contribution >= 4 is 22.5 Å². The minimum absolute atomic E-state index is 0.0482. The molecule has 1 aromatic heterocycles. The van der Waals surface area contributed by atoms with E-state index in [1.54, 1.807) is 0 Å². The SMILES string of the molecule is CCOC(=O)C1CCN(Cc2nnsc2N)CC1. The van der Waals surface area contributed by atoms with Gasteiger partial charge in [0.25, 0.3) is 0 Å². The Morgan fingerprint density at radius 3 is 2.83 bits per heavy atom. The quantitative estimate of drug-likeness (QED) is 0.818. The van der Waals surface area contributed by atoms with Gasteiger partial charge in [0.05, 0.1) is 12.5 Å². The van der Waals surface area contributed by atoms with Crippen LogP contribution in [0.15, 0.2) is 0 Å². The molecule has 0 aromatic carbocycles. The van der Waals surface area contributed by atoms with Gasteiger partial charge in [-0.1, -0.05) is 4.49 Å². The molecule has 2 rings (SSSR count). The summed E-state index contributed by atoms with van der Waals surface area (Å²) in [6.45, 7) is 4.77. The van der Waals surface area contributed by atoms with Gasteiger partial charge in [-0.25, -0.2) is 0 Å². The summed E-state index contributed by atoms with van der Waals surface area (Å²) in [5.74, 6) is -0.0147. The van der Waals surface area contributed by atoms with Crippen LogP contribution in [0.3, 0.4) is 0 Å². The zero-order chi connectivity index (χ0) is 13.0. The lowest BCUT2D eigenvalue weighted by Gasteiger charge is -2.30. The van der Waals surface area contributed by atoms with Crippen LogP contribution in [0.2, 0.25) is 0 Å². The van der Waals surface area contributed by atoms with Crippen molar-refractivity contribution in [3.63, 3.8) is 0 Å². The minimum atomic E-state index is -0.0630. The largest absolute Gasteiger partial charge is 0.466 e. The third-order valence-corrected chi connectivity index (χ3v) is 3.76. The fourth-order valence-electron chi connectivity index (χ4n) is 2.12. The van der Waals surface area contributed by atoms with Gasteiger partial charge in [-0.15, -0.1) is 5.10 Å². The lowest BCUT2D eigenvalue weighted by Crippen LogP contribution is -2.36. The second-order valence-corrected chi connectivity index (χ2v) is 5.17. The number of nitrogen functional groups attached to an aromatic ring is 1. The summed E-state index contributed by atoms with van der Waals surface area (Å²) in [5.41, 5.74) is 6.61. The first kappa shape index (κ1) is 13.2. The summed E-state index contributed by atoms with van der Waals surface area (Å²) in [6, 6.07) is 0. The van der Waals surface area contributed by atoms with Crippen molar-refractivity contribution in [2.75, 3.05) is 25.4 Å². The Morgan fingerprint density at radius 1 is 1.56 bits per heavy atom. The Morgan fingerprint density at radius 2 is 2.28 bits per heavy atom. The number of carbonyl (C=O) groups is 1. The molecule has 0 radical (unpaired) electrons. The molecule has 0 aliphatic carbocycles. The third-order valence-electron chi connectivity index (χ3n) is 3.17. The number of ether oxygens (including phenoxy) is 1. The van der Waals surface area contributed by atoms with Crippen LogP contribution in [-0.4, -0.2) is 40.2 Å². The van der Waals surface area contributed by atoms with Crippen LogP contribution in [0, 0.1) is 5.92 Å². The first-order valence-electron chi connectivity index (χ1n) is 6.16. The Labute approximate surface area is 110 Å². The van der Waals surface area contributed by atoms with Crippen LogP contribution in [0.1, 0.15) is 25.5 Å². The molecule has 0 amide bonds. The van der Waals surface area contributed by atoms with E-state index in [9.17, 15) is 4.79 Å². The molecule has 1 aromatic rings. The molecule has 0 saturated carbocycles. The molecule has 2 N–H and O–H groups in total. The number of anilines is 1. The molecule has 7 heteroatoms. The highest BCUT2D eigenvalue weighted by molar-refractivity contribution is 7.09. The number of rotatable bonds is 4. The molecule has 0 unspecified atom stereocenters. The molecule has 0 atom stereocenters. The molecule has 1 fully saturated rings. The highest BCUT2D eigenvalue weighted by Gasteiger charge is 2.26. The summed E-state index contributed by atoms with van der Waals surface area (Å²) in [6.07, 6.45) is 1.69. The normalized spacial score (nSPS) is 17.8. The maximum absolute atomic E-state index is 11.6. The van der Waals surface area contributed by atoms with Crippen LogP contribution < -0.4 is 5.73 Å². The number of aromatic nitrogens is 2. The summed E-state index contributed by atoms with van der Waals surface area (Å²) >= 11 is 1.22. The van der Waals surface area contributed by atoms with Gasteiger partial charge in [-0.3, -0.25) is 9.69 Å². The summed E-state index contributed by atoms with van der Waals surface area (Å²) in [4.78, 5) is 13.8.